The van der Waals surface area contributed by atoms with Gasteiger partial charge in [-0.05, 0) is 53.8 Å². The molecule has 0 aliphatic carbocycles. The van der Waals surface area contributed by atoms with Crippen molar-refractivity contribution in [3.63, 3.8) is 0 Å². The molecule has 0 spiro atoms. The van der Waals surface area contributed by atoms with E-state index < -0.39 is 58.5 Å². The lowest BCUT2D eigenvalue weighted by molar-refractivity contribution is -0.139. The van der Waals surface area contributed by atoms with Crippen LogP contribution in [0.3, 0.4) is 0 Å². The van der Waals surface area contributed by atoms with Gasteiger partial charge in [0.05, 0.1) is 34.8 Å². The van der Waals surface area contributed by atoms with Crippen molar-refractivity contribution in [2.75, 3.05) is 6.61 Å². The molecule has 0 radical (unpaired) electrons. The predicted molar refractivity (Wildman–Crippen MR) is 131 cm³/mol. The molecule has 4 nitrogen and oxygen atoms in total. The number of hydrogen-bond donors (Lipinski definition) is 0. The smallest absolute Gasteiger partial charge is 0.419 e. The minimum Gasteiger partial charge on any atom is -0.493 e. The molecule has 2 aromatic carbocycles. The van der Waals surface area contributed by atoms with Crippen molar-refractivity contribution in [2.45, 2.75) is 25.8 Å². The van der Waals surface area contributed by atoms with E-state index in [-0.39, 0.29) is 28.3 Å². The van der Waals surface area contributed by atoms with Gasteiger partial charge in [-0.1, -0.05) is 12.1 Å². The topological polar surface area (TPSA) is 55.0 Å². The molecule has 0 amide bonds. The fraction of sp³-hybridized carbons (Fsp3) is 0.185. The summed E-state index contributed by atoms with van der Waals surface area (Å²) in [4.78, 5) is 13.2. The van der Waals surface area contributed by atoms with E-state index in [1.165, 1.54) is 24.4 Å². The molecular formula is C27H16F8N2O2S. The van der Waals surface area contributed by atoms with Crippen LogP contribution in [0, 0.1) is 23.0 Å². The molecule has 0 atom stereocenters. The van der Waals surface area contributed by atoms with Gasteiger partial charge in [0.25, 0.3) is 5.56 Å². The lowest BCUT2D eigenvalue weighted by Crippen LogP contribution is -2.28. The maximum Gasteiger partial charge on any atom is 0.419 e. The normalized spacial score (nSPS) is 11.9. The quantitative estimate of drug-likeness (QED) is 0.217. The summed E-state index contributed by atoms with van der Waals surface area (Å²) in [6.07, 6.45) is -9.77. The molecule has 208 valence electrons. The second kappa shape index (κ2) is 10.8. The summed E-state index contributed by atoms with van der Waals surface area (Å²) >= 11 is 0.873. The van der Waals surface area contributed by atoms with Crippen molar-refractivity contribution in [1.82, 2.24) is 4.57 Å². The van der Waals surface area contributed by atoms with E-state index in [0.717, 1.165) is 46.2 Å². The summed E-state index contributed by atoms with van der Waals surface area (Å²) in [6.45, 7) is 0.816. The minimum absolute atomic E-state index is 0.0564. The highest BCUT2D eigenvalue weighted by Gasteiger charge is 2.37. The first-order valence-corrected chi connectivity index (χ1v) is 12.2. The first-order chi connectivity index (χ1) is 18.7. The van der Waals surface area contributed by atoms with Crippen molar-refractivity contribution in [1.29, 1.82) is 5.26 Å². The highest BCUT2D eigenvalue weighted by Crippen LogP contribution is 2.41. The first kappa shape index (κ1) is 28.8. The van der Waals surface area contributed by atoms with Gasteiger partial charge in [-0.3, -0.25) is 4.79 Å². The van der Waals surface area contributed by atoms with Gasteiger partial charge in [-0.15, -0.1) is 11.3 Å². The average molecular weight is 584 g/mol. The van der Waals surface area contributed by atoms with Crippen LogP contribution in [0.25, 0.3) is 21.7 Å². The van der Waals surface area contributed by atoms with Gasteiger partial charge in [-0.25, -0.2) is 8.78 Å². The number of nitriles is 1. The van der Waals surface area contributed by atoms with Gasteiger partial charge >= 0.3 is 12.4 Å². The Kier molecular flexibility index (Phi) is 7.76. The Labute approximate surface area is 225 Å². The highest BCUT2D eigenvalue weighted by atomic mass is 32.1. The molecule has 4 aromatic rings. The third-order valence-electron chi connectivity index (χ3n) is 5.83. The van der Waals surface area contributed by atoms with Gasteiger partial charge in [0.2, 0.25) is 0 Å². The van der Waals surface area contributed by atoms with Crippen LogP contribution in [0.4, 0.5) is 35.1 Å². The van der Waals surface area contributed by atoms with Crippen LogP contribution in [0.15, 0.2) is 58.7 Å². The fourth-order valence-corrected chi connectivity index (χ4v) is 4.94. The van der Waals surface area contributed by atoms with E-state index in [1.54, 1.807) is 0 Å². The zero-order chi connectivity index (χ0) is 29.4. The van der Waals surface area contributed by atoms with Gasteiger partial charge < -0.3 is 9.30 Å². The Balaban J connectivity index is 1.90. The van der Waals surface area contributed by atoms with E-state index in [4.69, 9.17) is 4.74 Å². The first-order valence-electron chi connectivity index (χ1n) is 11.4. The number of pyridine rings is 1. The van der Waals surface area contributed by atoms with Crippen LogP contribution in [0.1, 0.15) is 29.2 Å². The monoisotopic (exact) mass is 584 g/mol. The number of thiophene rings is 1. The molecule has 0 unspecified atom stereocenters. The zero-order valence-corrected chi connectivity index (χ0v) is 21.1. The molecule has 40 heavy (non-hydrogen) atoms. The van der Waals surface area contributed by atoms with Crippen LogP contribution in [0.2, 0.25) is 0 Å². The second-order valence-corrected chi connectivity index (χ2v) is 9.31. The number of alkyl halides is 6. The Morgan fingerprint density at radius 3 is 2.23 bits per heavy atom. The Morgan fingerprint density at radius 1 is 0.925 bits per heavy atom. The fourth-order valence-electron chi connectivity index (χ4n) is 3.99. The van der Waals surface area contributed by atoms with Gasteiger partial charge in [0, 0.05) is 11.6 Å². The maximum absolute atomic E-state index is 14.4. The van der Waals surface area contributed by atoms with Crippen LogP contribution >= 0.6 is 11.3 Å². The average Bonchev–Trinajstić information content (AvgIpc) is 3.35. The molecule has 0 saturated heterocycles. The molecule has 0 aliphatic heterocycles. The van der Waals surface area contributed by atoms with Crippen molar-refractivity contribution in [3.8, 4) is 33.5 Å². The molecule has 2 heterocycles. The minimum atomic E-state index is -5.08. The lowest BCUT2D eigenvalue weighted by atomic mass is 10.0. The summed E-state index contributed by atoms with van der Waals surface area (Å²) in [5, 5.41) is 10.8. The van der Waals surface area contributed by atoms with E-state index in [2.05, 4.69) is 0 Å². The molecule has 0 aliphatic rings. The zero-order valence-electron chi connectivity index (χ0n) is 20.3. The standard InChI is InChI=1S/C27H16F8N2O2S/c1-2-39-23-7-14(4-6-19(23)26(30,31)32)16-8-24(40-13-16)22-10-20(27(33,34)35)18(11-36)25(38)37(22)12-15-3-5-17(28)9-21(15)29/h3-10,13H,2,12H2,1H3. The lowest BCUT2D eigenvalue weighted by Gasteiger charge is -2.17. The molecule has 2 aromatic heterocycles. The molecule has 0 N–H and O–H groups in total. The van der Waals surface area contributed by atoms with Crippen molar-refractivity contribution >= 4 is 11.3 Å². The number of aromatic nitrogens is 1. The third kappa shape index (κ3) is 5.72. The van der Waals surface area contributed by atoms with Crippen LogP contribution in [0.5, 0.6) is 5.75 Å². The number of ether oxygens (including phenoxy) is 1. The molecule has 0 saturated carbocycles. The SMILES string of the molecule is CCOc1cc(-c2csc(-c3cc(C(F)(F)F)c(C#N)c(=O)n3Cc3ccc(F)cc3F)c2)ccc1C(F)(F)F. The van der Waals surface area contributed by atoms with Gasteiger partial charge in [0.1, 0.15) is 29.0 Å². The van der Waals surface area contributed by atoms with Crippen molar-refractivity contribution in [2.24, 2.45) is 0 Å². The number of hydrogen-bond acceptors (Lipinski definition) is 4. The van der Waals surface area contributed by atoms with Crippen LogP contribution < -0.4 is 10.3 Å². The predicted octanol–water partition coefficient (Wildman–Crippen LogP) is 7.88. The Hall–Kier alpha value is -4.18. The van der Waals surface area contributed by atoms with Gasteiger partial charge in [0.15, 0.2) is 0 Å². The highest BCUT2D eigenvalue weighted by molar-refractivity contribution is 7.14. The van der Waals surface area contributed by atoms with E-state index >= 15 is 0 Å². The number of rotatable bonds is 6. The van der Waals surface area contributed by atoms with E-state index in [1.807, 2.05) is 0 Å². The van der Waals surface area contributed by atoms with E-state index in [0.29, 0.717) is 17.7 Å². The number of halogens is 8. The summed E-state index contributed by atoms with van der Waals surface area (Å²) in [5.74, 6) is -2.41. The molecule has 0 bridgehead atoms. The Morgan fingerprint density at radius 2 is 1.62 bits per heavy atom. The number of nitrogens with zero attached hydrogens (tertiary/aromatic N) is 2. The van der Waals surface area contributed by atoms with Gasteiger partial charge in [-0.2, -0.15) is 31.6 Å². The third-order valence-corrected chi connectivity index (χ3v) is 6.79. The second-order valence-electron chi connectivity index (χ2n) is 8.40. The van der Waals surface area contributed by atoms with Crippen molar-refractivity contribution < 1.29 is 39.9 Å². The summed E-state index contributed by atoms with van der Waals surface area (Å²) < 4.78 is 115. The molecule has 4 rings (SSSR count). The maximum atomic E-state index is 14.4. The molecule has 0 fully saturated rings. The molecule has 13 heteroatoms. The molecular weight excluding hydrogens is 568 g/mol. The largest absolute Gasteiger partial charge is 0.493 e. The number of benzene rings is 2. The van der Waals surface area contributed by atoms with Crippen molar-refractivity contribution in [3.05, 3.63) is 98.2 Å². The van der Waals surface area contributed by atoms with E-state index in [9.17, 15) is 45.2 Å². The summed E-state index contributed by atoms with van der Waals surface area (Å²) in [6, 6.07) is 8.76. The Bertz CT molecular complexity index is 1680. The summed E-state index contributed by atoms with van der Waals surface area (Å²) in [5.41, 5.74) is -5.07. The summed E-state index contributed by atoms with van der Waals surface area (Å²) in [7, 11) is 0. The van der Waals surface area contributed by atoms with Crippen LogP contribution in [-0.4, -0.2) is 11.2 Å². The van der Waals surface area contributed by atoms with Crippen LogP contribution in [-0.2, 0) is 18.9 Å².